The SMILES string of the molecule is CON1C(=O)c2ccccc2C(C(=O)OCc2ccccc2)(C(C(=O)OCc2ccccc2)C(=O)OCc2ccccc2)C1=O. The van der Waals surface area contributed by atoms with Crippen molar-refractivity contribution < 1.29 is 43.0 Å². The lowest BCUT2D eigenvalue weighted by atomic mass is 9.65. The van der Waals surface area contributed by atoms with E-state index in [2.05, 4.69) is 0 Å². The monoisotopic (exact) mass is 607 g/mol. The maximum atomic E-state index is 14.4. The van der Waals surface area contributed by atoms with Gasteiger partial charge in [0.15, 0.2) is 11.3 Å². The molecule has 2 amide bonds. The van der Waals surface area contributed by atoms with E-state index >= 15 is 0 Å². The van der Waals surface area contributed by atoms with Crippen molar-refractivity contribution in [1.29, 1.82) is 0 Å². The Morgan fingerprint density at radius 1 is 0.622 bits per heavy atom. The van der Waals surface area contributed by atoms with Crippen LogP contribution in [0.4, 0.5) is 0 Å². The van der Waals surface area contributed by atoms with Gasteiger partial charge < -0.3 is 14.2 Å². The highest BCUT2D eigenvalue weighted by molar-refractivity contribution is 6.25. The molecule has 45 heavy (non-hydrogen) atoms. The molecular weight excluding hydrogens is 578 g/mol. The number of nitrogens with zero attached hydrogens (tertiary/aromatic N) is 1. The third-order valence-corrected chi connectivity index (χ3v) is 7.36. The molecule has 0 aliphatic carbocycles. The molecule has 1 heterocycles. The average molecular weight is 608 g/mol. The number of hydrogen-bond donors (Lipinski definition) is 0. The molecule has 0 saturated carbocycles. The molecule has 228 valence electrons. The highest BCUT2D eigenvalue weighted by Gasteiger charge is 2.67. The molecule has 0 N–H and O–H groups in total. The van der Waals surface area contributed by atoms with Crippen LogP contribution in [0.2, 0.25) is 0 Å². The van der Waals surface area contributed by atoms with E-state index in [-0.39, 0.29) is 30.9 Å². The first-order chi connectivity index (χ1) is 21.9. The Bertz CT molecular complexity index is 1640. The molecule has 1 atom stereocenters. The molecule has 0 spiro atoms. The van der Waals surface area contributed by atoms with Gasteiger partial charge in [0.2, 0.25) is 0 Å². The number of esters is 3. The lowest BCUT2D eigenvalue weighted by Gasteiger charge is -2.41. The summed E-state index contributed by atoms with van der Waals surface area (Å²) >= 11 is 0. The Morgan fingerprint density at radius 2 is 1.04 bits per heavy atom. The van der Waals surface area contributed by atoms with Crippen LogP contribution < -0.4 is 0 Å². The highest BCUT2D eigenvalue weighted by Crippen LogP contribution is 2.44. The second-order valence-electron chi connectivity index (χ2n) is 10.1. The predicted molar refractivity (Wildman–Crippen MR) is 159 cm³/mol. The van der Waals surface area contributed by atoms with Crippen molar-refractivity contribution in [3.05, 3.63) is 143 Å². The third-order valence-electron chi connectivity index (χ3n) is 7.36. The van der Waals surface area contributed by atoms with Crippen LogP contribution in [0.15, 0.2) is 115 Å². The minimum Gasteiger partial charge on any atom is -0.460 e. The van der Waals surface area contributed by atoms with E-state index in [1.165, 1.54) is 24.3 Å². The summed E-state index contributed by atoms with van der Waals surface area (Å²) in [5.74, 6) is -8.16. The molecule has 1 aliphatic heterocycles. The number of benzene rings is 4. The summed E-state index contributed by atoms with van der Waals surface area (Å²) in [5.41, 5.74) is -1.36. The smallest absolute Gasteiger partial charge is 0.328 e. The maximum absolute atomic E-state index is 14.4. The number of imide groups is 1. The van der Waals surface area contributed by atoms with Crippen molar-refractivity contribution in [2.75, 3.05) is 7.11 Å². The quantitative estimate of drug-likeness (QED) is 0.106. The molecule has 1 unspecified atom stereocenters. The van der Waals surface area contributed by atoms with Crippen LogP contribution in [0.25, 0.3) is 0 Å². The Kier molecular flexibility index (Phi) is 9.45. The standard InChI is InChI=1S/C35H29NO9/c1-42-36-30(37)27-19-11-12-20-28(27)35(33(36)40,34(41)45-23-26-17-9-4-10-18-26)29(31(38)43-21-24-13-5-2-6-14-24)32(39)44-22-25-15-7-3-8-16-25/h2-20,29H,21-23H2,1H3. The van der Waals surface area contributed by atoms with Crippen molar-refractivity contribution in [2.45, 2.75) is 25.2 Å². The number of hydrogen-bond acceptors (Lipinski definition) is 9. The molecule has 1 aliphatic rings. The first kappa shape index (κ1) is 30.8. The molecule has 0 saturated heterocycles. The van der Waals surface area contributed by atoms with Gasteiger partial charge in [0.05, 0.1) is 7.11 Å². The highest BCUT2D eigenvalue weighted by atomic mass is 16.7. The van der Waals surface area contributed by atoms with Crippen LogP contribution >= 0.6 is 0 Å². The van der Waals surface area contributed by atoms with Gasteiger partial charge in [-0.2, -0.15) is 0 Å². The first-order valence-corrected chi connectivity index (χ1v) is 14.0. The predicted octanol–water partition coefficient (Wildman–Crippen LogP) is 4.31. The number of hydroxylamine groups is 2. The van der Waals surface area contributed by atoms with Crippen molar-refractivity contribution >= 4 is 29.7 Å². The van der Waals surface area contributed by atoms with Crippen molar-refractivity contribution in [3.8, 4) is 0 Å². The topological polar surface area (TPSA) is 126 Å². The molecule has 0 radical (unpaired) electrons. The zero-order valence-electron chi connectivity index (χ0n) is 24.3. The molecule has 10 nitrogen and oxygen atoms in total. The second kappa shape index (κ2) is 13.8. The molecule has 4 aromatic rings. The van der Waals surface area contributed by atoms with E-state index in [4.69, 9.17) is 19.0 Å². The zero-order chi connectivity index (χ0) is 31.8. The van der Waals surface area contributed by atoms with Crippen LogP contribution in [0.3, 0.4) is 0 Å². The number of ether oxygens (including phenoxy) is 3. The van der Waals surface area contributed by atoms with E-state index in [1.54, 1.807) is 91.0 Å². The van der Waals surface area contributed by atoms with Gasteiger partial charge in [-0.3, -0.25) is 28.8 Å². The van der Waals surface area contributed by atoms with Crippen molar-refractivity contribution in [3.63, 3.8) is 0 Å². The Labute approximate surface area is 259 Å². The largest absolute Gasteiger partial charge is 0.460 e. The van der Waals surface area contributed by atoms with Crippen molar-refractivity contribution in [2.24, 2.45) is 5.92 Å². The van der Waals surface area contributed by atoms with Gasteiger partial charge in [-0.25, -0.2) is 0 Å². The molecule has 5 rings (SSSR count). The summed E-state index contributed by atoms with van der Waals surface area (Å²) in [4.78, 5) is 75.3. The summed E-state index contributed by atoms with van der Waals surface area (Å²) in [6.07, 6.45) is 0. The summed E-state index contributed by atoms with van der Waals surface area (Å²) in [5, 5.41) is 0.341. The van der Waals surface area contributed by atoms with E-state index in [1.807, 2.05) is 0 Å². The third kappa shape index (κ3) is 6.22. The number of fused-ring (bicyclic) bond motifs is 1. The second-order valence-corrected chi connectivity index (χ2v) is 10.1. The lowest BCUT2D eigenvalue weighted by molar-refractivity contribution is -0.191. The van der Waals surface area contributed by atoms with Gasteiger partial charge in [0.25, 0.3) is 11.8 Å². The van der Waals surface area contributed by atoms with Gasteiger partial charge >= 0.3 is 17.9 Å². The number of carbonyl (C=O) groups excluding carboxylic acids is 5. The average Bonchev–Trinajstić information content (AvgIpc) is 3.08. The molecule has 0 fully saturated rings. The maximum Gasteiger partial charge on any atom is 0.328 e. The van der Waals surface area contributed by atoms with Crippen LogP contribution in [-0.2, 0) is 63.5 Å². The Hall–Kier alpha value is -5.61. The minimum atomic E-state index is -2.75. The zero-order valence-corrected chi connectivity index (χ0v) is 24.3. The fourth-order valence-electron chi connectivity index (χ4n) is 5.16. The first-order valence-electron chi connectivity index (χ1n) is 14.0. The molecular formula is C35H29NO9. The summed E-state index contributed by atoms with van der Waals surface area (Å²) in [6.45, 7) is -0.858. The van der Waals surface area contributed by atoms with Gasteiger partial charge in [0.1, 0.15) is 19.8 Å². The molecule has 10 heteroatoms. The van der Waals surface area contributed by atoms with Crippen LogP contribution in [0, 0.1) is 5.92 Å². The van der Waals surface area contributed by atoms with E-state index < -0.39 is 41.1 Å². The summed E-state index contributed by atoms with van der Waals surface area (Å²) in [7, 11) is 1.06. The van der Waals surface area contributed by atoms with Gasteiger partial charge in [-0.05, 0) is 28.3 Å². The number of carbonyl (C=O) groups is 5. The molecule has 0 aromatic heterocycles. The molecule has 0 bridgehead atoms. The van der Waals surface area contributed by atoms with E-state index in [0.717, 1.165) is 7.11 Å². The van der Waals surface area contributed by atoms with Crippen LogP contribution in [-0.4, -0.2) is 41.9 Å². The van der Waals surface area contributed by atoms with Gasteiger partial charge in [0, 0.05) is 5.56 Å². The number of amides is 2. The van der Waals surface area contributed by atoms with Crippen LogP contribution in [0.1, 0.15) is 32.6 Å². The lowest BCUT2D eigenvalue weighted by Crippen LogP contribution is -2.64. The van der Waals surface area contributed by atoms with Gasteiger partial charge in [-0.1, -0.05) is 109 Å². The molecule has 4 aromatic carbocycles. The Balaban J connectivity index is 1.64. The fraction of sp³-hybridized carbons (Fsp3) is 0.171. The van der Waals surface area contributed by atoms with E-state index in [9.17, 15) is 24.0 Å². The summed E-state index contributed by atoms with van der Waals surface area (Å²) < 4.78 is 16.8. The number of rotatable bonds is 11. The van der Waals surface area contributed by atoms with E-state index in [0.29, 0.717) is 21.8 Å². The summed E-state index contributed by atoms with van der Waals surface area (Å²) in [6, 6.07) is 31.6. The van der Waals surface area contributed by atoms with Gasteiger partial charge in [-0.15, -0.1) is 5.06 Å². The normalized spacial score (nSPS) is 15.7. The van der Waals surface area contributed by atoms with Crippen molar-refractivity contribution in [1.82, 2.24) is 5.06 Å². The van der Waals surface area contributed by atoms with Crippen LogP contribution in [0.5, 0.6) is 0 Å². The minimum absolute atomic E-state index is 0.146. The fourth-order valence-corrected chi connectivity index (χ4v) is 5.16. The Morgan fingerprint density at radius 3 is 1.51 bits per heavy atom.